The van der Waals surface area contributed by atoms with Gasteiger partial charge in [0.2, 0.25) is 11.8 Å². The zero-order valence-electron chi connectivity index (χ0n) is 15.5. The largest absolute Gasteiger partial charge is 0.324 e. The van der Waals surface area contributed by atoms with E-state index in [0.717, 1.165) is 5.56 Å². The Kier molecular flexibility index (Phi) is 6.92. The van der Waals surface area contributed by atoms with Gasteiger partial charge >= 0.3 is 0 Å². The van der Waals surface area contributed by atoms with Crippen molar-refractivity contribution in [2.75, 3.05) is 30.8 Å². The highest BCUT2D eigenvalue weighted by molar-refractivity contribution is 7.14. The molecule has 1 heterocycles. The van der Waals surface area contributed by atoms with Gasteiger partial charge in [-0.3, -0.25) is 14.5 Å². The fraction of sp³-hybridized carbons (Fsp3) is 0.150. The number of anilines is 2. The van der Waals surface area contributed by atoms with Crippen molar-refractivity contribution in [2.24, 2.45) is 0 Å². The number of para-hydroxylation sites is 1. The van der Waals surface area contributed by atoms with Gasteiger partial charge in [-0.25, -0.2) is 9.37 Å². The summed E-state index contributed by atoms with van der Waals surface area (Å²) in [6, 6.07) is 12.9. The Balaban J connectivity index is 1.49. The number of benzene rings is 2. The summed E-state index contributed by atoms with van der Waals surface area (Å²) in [5.74, 6) is -0.890. The molecule has 0 saturated heterocycles. The number of hydrogen-bond acceptors (Lipinski definition) is 5. The number of likely N-dealkylation sites (N-methyl/N-ethyl adjacent to an activating group) is 1. The predicted octanol–water partition coefficient (Wildman–Crippen LogP) is 4.11. The van der Waals surface area contributed by atoms with E-state index >= 15 is 0 Å². The maximum absolute atomic E-state index is 13.0. The normalized spacial score (nSPS) is 10.8. The molecule has 3 aromatic rings. The highest BCUT2D eigenvalue weighted by Gasteiger charge is 2.14. The first kappa shape index (κ1) is 20.9. The second-order valence-electron chi connectivity index (χ2n) is 6.29. The van der Waals surface area contributed by atoms with Crippen LogP contribution in [0, 0.1) is 5.82 Å². The Morgan fingerprint density at radius 1 is 1.07 bits per heavy atom. The average molecular weight is 433 g/mol. The summed E-state index contributed by atoms with van der Waals surface area (Å²) in [5, 5.41) is 8.08. The third-order valence-corrected chi connectivity index (χ3v) is 4.95. The van der Waals surface area contributed by atoms with Gasteiger partial charge in [-0.15, -0.1) is 11.3 Å². The van der Waals surface area contributed by atoms with Gasteiger partial charge in [0.05, 0.1) is 29.5 Å². The molecule has 150 valence electrons. The molecule has 0 fully saturated rings. The number of thiazole rings is 1. The number of nitrogens with zero attached hydrogens (tertiary/aromatic N) is 2. The highest BCUT2D eigenvalue weighted by Crippen LogP contribution is 2.25. The summed E-state index contributed by atoms with van der Waals surface area (Å²) in [5.41, 5.74) is 1.93. The SMILES string of the molecule is CN(CC(=O)Nc1nc(-c2ccc(F)cc2)cs1)CC(=O)Nc1ccccc1Cl. The minimum absolute atomic E-state index is 0.0153. The molecule has 0 aliphatic rings. The van der Waals surface area contributed by atoms with Gasteiger partial charge in [0.15, 0.2) is 5.13 Å². The summed E-state index contributed by atoms with van der Waals surface area (Å²) < 4.78 is 13.0. The molecule has 0 spiro atoms. The van der Waals surface area contributed by atoms with Crippen LogP contribution in [0.1, 0.15) is 0 Å². The summed E-state index contributed by atoms with van der Waals surface area (Å²) in [6.45, 7) is 0.0404. The van der Waals surface area contributed by atoms with Crippen LogP contribution in [0.15, 0.2) is 53.9 Å². The minimum atomic E-state index is -0.320. The van der Waals surface area contributed by atoms with Crippen molar-refractivity contribution in [2.45, 2.75) is 0 Å². The molecule has 0 radical (unpaired) electrons. The number of rotatable bonds is 7. The Labute approximate surface area is 176 Å². The first-order valence-electron chi connectivity index (χ1n) is 8.65. The molecule has 2 N–H and O–H groups in total. The summed E-state index contributed by atoms with van der Waals surface area (Å²) >= 11 is 7.29. The molecule has 0 saturated carbocycles. The third-order valence-electron chi connectivity index (χ3n) is 3.87. The fourth-order valence-electron chi connectivity index (χ4n) is 2.54. The van der Waals surface area contributed by atoms with Crippen molar-refractivity contribution in [3.05, 3.63) is 64.8 Å². The maximum atomic E-state index is 13.0. The molecule has 9 heteroatoms. The number of halogens is 2. The Hall–Kier alpha value is -2.81. The molecule has 0 unspecified atom stereocenters. The summed E-state index contributed by atoms with van der Waals surface area (Å²) in [6.07, 6.45) is 0. The van der Waals surface area contributed by atoms with Crippen LogP contribution in [0.4, 0.5) is 15.2 Å². The second kappa shape index (κ2) is 9.60. The molecule has 0 aliphatic carbocycles. The fourth-order valence-corrected chi connectivity index (χ4v) is 3.46. The minimum Gasteiger partial charge on any atom is -0.324 e. The van der Waals surface area contributed by atoms with Crippen LogP contribution in [0.25, 0.3) is 11.3 Å². The molecule has 0 bridgehead atoms. The van der Waals surface area contributed by atoms with Gasteiger partial charge in [-0.2, -0.15) is 0 Å². The van der Waals surface area contributed by atoms with E-state index in [1.54, 1.807) is 53.7 Å². The van der Waals surface area contributed by atoms with Crippen LogP contribution in [-0.2, 0) is 9.59 Å². The van der Waals surface area contributed by atoms with E-state index in [-0.39, 0.29) is 30.7 Å². The molecule has 2 aromatic carbocycles. The second-order valence-corrected chi connectivity index (χ2v) is 7.56. The average Bonchev–Trinajstić information content (AvgIpc) is 3.12. The molecule has 6 nitrogen and oxygen atoms in total. The number of aromatic nitrogens is 1. The number of carbonyl (C=O) groups is 2. The smallest absolute Gasteiger partial charge is 0.240 e. The highest BCUT2D eigenvalue weighted by atomic mass is 35.5. The standard InChI is InChI=1S/C20H18ClFN4O2S/c1-26(10-18(27)23-16-5-3-2-4-15(16)21)11-19(28)25-20-24-17(12-29-20)13-6-8-14(22)9-7-13/h2-9,12H,10-11H2,1H3,(H,23,27)(H,24,25,28). The van der Waals surface area contributed by atoms with Gasteiger partial charge in [0, 0.05) is 10.9 Å². The van der Waals surface area contributed by atoms with Crippen LogP contribution in [0.2, 0.25) is 5.02 Å². The Morgan fingerprint density at radius 2 is 1.72 bits per heavy atom. The topological polar surface area (TPSA) is 74.3 Å². The first-order valence-corrected chi connectivity index (χ1v) is 9.91. The van der Waals surface area contributed by atoms with E-state index in [4.69, 9.17) is 11.6 Å². The van der Waals surface area contributed by atoms with Crippen molar-refractivity contribution in [1.82, 2.24) is 9.88 Å². The Bertz CT molecular complexity index is 1010. The molecule has 29 heavy (non-hydrogen) atoms. The lowest BCUT2D eigenvalue weighted by Gasteiger charge is -2.15. The van der Waals surface area contributed by atoms with E-state index in [1.165, 1.54) is 23.5 Å². The van der Waals surface area contributed by atoms with Crippen LogP contribution in [0.3, 0.4) is 0 Å². The van der Waals surface area contributed by atoms with E-state index in [0.29, 0.717) is 21.5 Å². The third kappa shape index (κ3) is 6.08. The van der Waals surface area contributed by atoms with Crippen LogP contribution in [0.5, 0.6) is 0 Å². The molecule has 0 aliphatic heterocycles. The van der Waals surface area contributed by atoms with E-state index in [1.807, 2.05) is 0 Å². The van der Waals surface area contributed by atoms with Gasteiger partial charge in [0.25, 0.3) is 0 Å². The van der Waals surface area contributed by atoms with Crippen molar-refractivity contribution in [1.29, 1.82) is 0 Å². The quantitative estimate of drug-likeness (QED) is 0.589. The zero-order chi connectivity index (χ0) is 20.8. The molecular formula is C20H18ClFN4O2S. The van der Waals surface area contributed by atoms with E-state index in [2.05, 4.69) is 15.6 Å². The van der Waals surface area contributed by atoms with E-state index in [9.17, 15) is 14.0 Å². The van der Waals surface area contributed by atoms with Gasteiger partial charge in [-0.05, 0) is 43.4 Å². The number of carbonyl (C=O) groups excluding carboxylic acids is 2. The molecule has 3 rings (SSSR count). The van der Waals surface area contributed by atoms with Crippen molar-refractivity contribution < 1.29 is 14.0 Å². The van der Waals surface area contributed by atoms with Crippen LogP contribution < -0.4 is 10.6 Å². The molecule has 0 atom stereocenters. The lowest BCUT2D eigenvalue weighted by Crippen LogP contribution is -2.36. The predicted molar refractivity (Wildman–Crippen MR) is 114 cm³/mol. The molecule has 1 aromatic heterocycles. The monoisotopic (exact) mass is 432 g/mol. The van der Waals surface area contributed by atoms with Crippen LogP contribution >= 0.6 is 22.9 Å². The van der Waals surface area contributed by atoms with Gasteiger partial charge in [-0.1, -0.05) is 23.7 Å². The summed E-state index contributed by atoms with van der Waals surface area (Å²) in [7, 11) is 1.66. The molecule has 2 amide bonds. The van der Waals surface area contributed by atoms with Crippen molar-refractivity contribution in [3.63, 3.8) is 0 Å². The molecular weight excluding hydrogens is 415 g/mol. The number of hydrogen-bond donors (Lipinski definition) is 2. The zero-order valence-corrected chi connectivity index (χ0v) is 17.1. The number of amides is 2. The lowest BCUT2D eigenvalue weighted by atomic mass is 10.2. The van der Waals surface area contributed by atoms with Crippen molar-refractivity contribution in [3.8, 4) is 11.3 Å². The van der Waals surface area contributed by atoms with Gasteiger partial charge in [0.1, 0.15) is 5.82 Å². The van der Waals surface area contributed by atoms with Crippen molar-refractivity contribution >= 4 is 45.6 Å². The Morgan fingerprint density at radius 3 is 2.41 bits per heavy atom. The first-order chi connectivity index (χ1) is 13.9. The summed E-state index contributed by atoms with van der Waals surface area (Å²) in [4.78, 5) is 30.3. The van der Waals surface area contributed by atoms with Crippen LogP contribution in [-0.4, -0.2) is 41.8 Å². The maximum Gasteiger partial charge on any atom is 0.240 e. The van der Waals surface area contributed by atoms with Gasteiger partial charge < -0.3 is 10.6 Å². The number of nitrogens with one attached hydrogen (secondary N) is 2. The van der Waals surface area contributed by atoms with E-state index < -0.39 is 0 Å². The lowest BCUT2D eigenvalue weighted by molar-refractivity contribution is -0.119.